The molecular weight excluding hydrogens is 331 g/mol. The van der Waals surface area contributed by atoms with E-state index in [9.17, 15) is 18.3 Å². The second-order valence-electron chi connectivity index (χ2n) is 4.55. The van der Waals surface area contributed by atoms with Crippen molar-refractivity contribution in [1.29, 1.82) is 0 Å². The van der Waals surface area contributed by atoms with Crippen LogP contribution in [0.1, 0.15) is 18.1 Å². The van der Waals surface area contributed by atoms with Gasteiger partial charge in [0.25, 0.3) is 0 Å². The van der Waals surface area contributed by atoms with Crippen molar-refractivity contribution in [2.45, 2.75) is 13.1 Å². The number of hydrogen-bond acceptors (Lipinski definition) is 3. The lowest BCUT2D eigenvalue weighted by Gasteiger charge is -2.09. The number of rotatable bonds is 4. The molecule has 0 radical (unpaired) electrons. The van der Waals surface area contributed by atoms with E-state index in [2.05, 4.69) is 4.99 Å². The van der Waals surface area contributed by atoms with E-state index in [4.69, 9.17) is 16.3 Å². The van der Waals surface area contributed by atoms with Crippen LogP contribution in [0.5, 0.6) is 11.5 Å². The van der Waals surface area contributed by atoms with E-state index < -0.39 is 16.8 Å². The molecule has 2 aromatic rings. The molecule has 2 rings (SSSR count). The van der Waals surface area contributed by atoms with Gasteiger partial charge < -0.3 is 9.84 Å². The van der Waals surface area contributed by atoms with E-state index in [0.29, 0.717) is 12.2 Å². The molecule has 0 bridgehead atoms. The molecule has 1 N–H and O–H groups in total. The fourth-order valence-corrected chi connectivity index (χ4v) is 2.10. The standard InChI is InChI=1S/C16H13ClF3NO2/c1-2-23-14-5-3-4-10(15(14)22)9-21-11-6-7-13(17)12(8-11)16(18,19)20/h3-9,22H,2H2,1H3. The number of aromatic hydroxyl groups is 1. The third-order valence-electron chi connectivity index (χ3n) is 2.94. The SMILES string of the molecule is CCOc1cccc(C=Nc2ccc(Cl)c(C(F)(F)F)c2)c1O. The Bertz CT molecular complexity index is 730. The first-order chi connectivity index (χ1) is 10.8. The lowest BCUT2D eigenvalue weighted by atomic mass is 10.2. The van der Waals surface area contributed by atoms with Crippen LogP contribution in [-0.2, 0) is 6.18 Å². The first-order valence-corrected chi connectivity index (χ1v) is 7.06. The zero-order valence-corrected chi connectivity index (χ0v) is 12.8. The molecule has 0 fully saturated rings. The van der Waals surface area contributed by atoms with Crippen LogP contribution in [0.25, 0.3) is 0 Å². The van der Waals surface area contributed by atoms with Crippen LogP contribution in [0.3, 0.4) is 0 Å². The molecule has 0 spiro atoms. The summed E-state index contributed by atoms with van der Waals surface area (Å²) in [7, 11) is 0. The van der Waals surface area contributed by atoms with Gasteiger partial charge in [-0.2, -0.15) is 13.2 Å². The highest BCUT2D eigenvalue weighted by Gasteiger charge is 2.33. The summed E-state index contributed by atoms with van der Waals surface area (Å²) >= 11 is 5.55. The van der Waals surface area contributed by atoms with Gasteiger partial charge in [0.2, 0.25) is 0 Å². The third kappa shape index (κ3) is 4.16. The number of ether oxygens (including phenoxy) is 1. The predicted molar refractivity (Wildman–Crippen MR) is 83.0 cm³/mol. The van der Waals surface area contributed by atoms with Crippen LogP contribution in [0, 0.1) is 0 Å². The van der Waals surface area contributed by atoms with Gasteiger partial charge in [-0.15, -0.1) is 0 Å². The van der Waals surface area contributed by atoms with Gasteiger partial charge in [0, 0.05) is 11.8 Å². The van der Waals surface area contributed by atoms with E-state index in [1.807, 2.05) is 0 Å². The van der Waals surface area contributed by atoms with Gasteiger partial charge in [0.05, 0.1) is 22.9 Å². The number of hydrogen-bond donors (Lipinski definition) is 1. The summed E-state index contributed by atoms with van der Waals surface area (Å²) in [6, 6.07) is 8.14. The summed E-state index contributed by atoms with van der Waals surface area (Å²) in [5.74, 6) is 0.159. The highest BCUT2D eigenvalue weighted by Crippen LogP contribution is 2.37. The van der Waals surface area contributed by atoms with Crippen molar-refractivity contribution >= 4 is 23.5 Å². The van der Waals surface area contributed by atoms with Gasteiger partial charge in [0.1, 0.15) is 0 Å². The fraction of sp³-hybridized carbons (Fsp3) is 0.188. The van der Waals surface area contributed by atoms with Gasteiger partial charge in [-0.05, 0) is 37.3 Å². The Morgan fingerprint density at radius 1 is 1.26 bits per heavy atom. The fourth-order valence-electron chi connectivity index (χ4n) is 1.87. The molecule has 0 aliphatic carbocycles. The minimum Gasteiger partial charge on any atom is -0.504 e. The van der Waals surface area contributed by atoms with Crippen molar-refractivity contribution in [3.63, 3.8) is 0 Å². The van der Waals surface area contributed by atoms with E-state index in [0.717, 1.165) is 12.1 Å². The molecule has 0 saturated heterocycles. The highest BCUT2D eigenvalue weighted by atomic mass is 35.5. The summed E-state index contributed by atoms with van der Waals surface area (Å²) < 4.78 is 43.6. The number of para-hydroxylation sites is 1. The molecule has 122 valence electrons. The predicted octanol–water partition coefficient (Wildman–Crippen LogP) is 5.21. The molecule has 0 aliphatic heterocycles. The average Bonchev–Trinajstić information content (AvgIpc) is 2.48. The largest absolute Gasteiger partial charge is 0.504 e. The Hall–Kier alpha value is -2.21. The lowest BCUT2D eigenvalue weighted by molar-refractivity contribution is -0.137. The highest BCUT2D eigenvalue weighted by molar-refractivity contribution is 6.31. The topological polar surface area (TPSA) is 41.8 Å². The number of alkyl halides is 3. The zero-order chi connectivity index (χ0) is 17.0. The molecule has 0 amide bonds. The van der Waals surface area contributed by atoms with Crippen LogP contribution in [0.2, 0.25) is 5.02 Å². The number of aliphatic imine (C=N–C) groups is 1. The minimum absolute atomic E-state index is 0.0722. The molecule has 0 aromatic heterocycles. The molecule has 2 aromatic carbocycles. The molecule has 0 heterocycles. The van der Waals surface area contributed by atoms with Crippen molar-refractivity contribution in [2.75, 3.05) is 6.61 Å². The Balaban J connectivity index is 2.33. The van der Waals surface area contributed by atoms with E-state index in [1.165, 1.54) is 12.3 Å². The van der Waals surface area contributed by atoms with Crippen LogP contribution in [0.15, 0.2) is 41.4 Å². The van der Waals surface area contributed by atoms with Crippen molar-refractivity contribution in [2.24, 2.45) is 4.99 Å². The number of nitrogens with zero attached hydrogens (tertiary/aromatic N) is 1. The van der Waals surface area contributed by atoms with Gasteiger partial charge in [0.15, 0.2) is 11.5 Å². The van der Waals surface area contributed by atoms with Crippen molar-refractivity contribution in [3.05, 3.63) is 52.5 Å². The normalized spacial score (nSPS) is 11.9. The molecule has 0 aliphatic rings. The number of phenolic OH excluding ortho intramolecular Hbond substituents is 1. The lowest BCUT2D eigenvalue weighted by Crippen LogP contribution is -2.05. The molecular formula is C16H13ClF3NO2. The van der Waals surface area contributed by atoms with Crippen molar-refractivity contribution in [1.82, 2.24) is 0 Å². The summed E-state index contributed by atoms with van der Waals surface area (Å²) in [5.41, 5.74) is -0.552. The Morgan fingerprint density at radius 3 is 2.65 bits per heavy atom. The Kier molecular flexibility index (Phi) is 5.15. The maximum atomic E-state index is 12.8. The van der Waals surface area contributed by atoms with Crippen molar-refractivity contribution in [3.8, 4) is 11.5 Å². The monoisotopic (exact) mass is 343 g/mol. The van der Waals surface area contributed by atoms with Crippen molar-refractivity contribution < 1.29 is 23.0 Å². The molecule has 23 heavy (non-hydrogen) atoms. The Labute approximate surface area is 136 Å². The van der Waals surface area contributed by atoms with E-state index >= 15 is 0 Å². The zero-order valence-electron chi connectivity index (χ0n) is 12.1. The summed E-state index contributed by atoms with van der Waals surface area (Å²) in [5, 5.41) is 9.62. The van der Waals surface area contributed by atoms with E-state index in [1.54, 1.807) is 25.1 Å². The first kappa shape index (κ1) is 17.1. The number of benzene rings is 2. The summed E-state index contributed by atoms with van der Waals surface area (Å²) in [4.78, 5) is 3.95. The molecule has 7 heteroatoms. The number of halogens is 4. The van der Waals surface area contributed by atoms with Gasteiger partial charge in [-0.3, -0.25) is 4.99 Å². The summed E-state index contributed by atoms with van der Waals surface area (Å²) in [6.45, 7) is 2.15. The molecule has 3 nitrogen and oxygen atoms in total. The van der Waals surface area contributed by atoms with E-state index in [-0.39, 0.29) is 17.2 Å². The third-order valence-corrected chi connectivity index (χ3v) is 3.27. The maximum absolute atomic E-state index is 12.8. The molecule has 0 atom stereocenters. The van der Waals surface area contributed by atoms with Gasteiger partial charge in [-0.25, -0.2) is 0 Å². The second-order valence-corrected chi connectivity index (χ2v) is 4.95. The van der Waals surface area contributed by atoms with Gasteiger partial charge in [-0.1, -0.05) is 17.7 Å². The van der Waals surface area contributed by atoms with Crippen LogP contribution >= 0.6 is 11.6 Å². The second kappa shape index (κ2) is 6.91. The quantitative estimate of drug-likeness (QED) is 0.774. The first-order valence-electron chi connectivity index (χ1n) is 6.68. The van der Waals surface area contributed by atoms with Gasteiger partial charge >= 0.3 is 6.18 Å². The molecule has 0 saturated carbocycles. The van der Waals surface area contributed by atoms with Crippen LogP contribution in [0.4, 0.5) is 18.9 Å². The number of phenols is 1. The smallest absolute Gasteiger partial charge is 0.417 e. The Morgan fingerprint density at radius 2 is 2.00 bits per heavy atom. The van der Waals surface area contributed by atoms with Crippen LogP contribution in [-0.4, -0.2) is 17.9 Å². The minimum atomic E-state index is -4.56. The summed E-state index contributed by atoms with van der Waals surface area (Å²) in [6.07, 6.45) is -3.29. The average molecular weight is 344 g/mol. The van der Waals surface area contributed by atoms with Crippen LogP contribution < -0.4 is 4.74 Å². The molecule has 0 unspecified atom stereocenters. The maximum Gasteiger partial charge on any atom is 0.417 e.